The number of nitrogens with zero attached hydrogens (tertiary/aromatic N) is 3. The molecular weight excluding hydrogens is 338 g/mol. The maximum Gasteiger partial charge on any atom is 0.262 e. The highest BCUT2D eigenvalue weighted by atomic mass is 32.1. The first-order chi connectivity index (χ1) is 12.1. The summed E-state index contributed by atoms with van der Waals surface area (Å²) in [5, 5.41) is 8.02. The van der Waals surface area contributed by atoms with Gasteiger partial charge in [-0.05, 0) is 36.4 Å². The Hall–Kier alpha value is -2.41. The Kier molecular flexibility index (Phi) is 4.17. The fourth-order valence-electron chi connectivity index (χ4n) is 3.03. The maximum absolute atomic E-state index is 12.8. The molecule has 0 saturated heterocycles. The fraction of sp³-hybridized carbons (Fsp3) is 0.389. The summed E-state index contributed by atoms with van der Waals surface area (Å²) in [6, 6.07) is 7.38. The second-order valence-corrected chi connectivity index (χ2v) is 7.41. The molecule has 1 atom stereocenters. The summed E-state index contributed by atoms with van der Waals surface area (Å²) >= 11 is 1.60. The number of carbonyl (C=O) groups is 2. The molecule has 0 radical (unpaired) electrons. The maximum atomic E-state index is 12.8. The Morgan fingerprint density at radius 1 is 1.36 bits per heavy atom. The lowest BCUT2D eigenvalue weighted by atomic mass is 10.1. The van der Waals surface area contributed by atoms with Crippen LogP contribution in [0.2, 0.25) is 0 Å². The normalized spacial score (nSPS) is 19.8. The van der Waals surface area contributed by atoms with Crippen molar-refractivity contribution in [3.05, 3.63) is 46.5 Å². The molecule has 0 unspecified atom stereocenters. The van der Waals surface area contributed by atoms with E-state index < -0.39 is 0 Å². The number of furan rings is 1. The summed E-state index contributed by atoms with van der Waals surface area (Å²) in [5.74, 6) is 0.663. The van der Waals surface area contributed by atoms with Crippen LogP contribution in [0.5, 0.6) is 0 Å². The zero-order chi connectivity index (χ0) is 17.4. The lowest BCUT2D eigenvalue weighted by molar-refractivity contribution is -0.141. The largest absolute Gasteiger partial charge is 0.467 e. The average molecular weight is 357 g/mol. The van der Waals surface area contributed by atoms with Crippen LogP contribution in [0.1, 0.15) is 35.9 Å². The monoisotopic (exact) mass is 357 g/mol. The second-order valence-electron chi connectivity index (χ2n) is 6.47. The molecule has 25 heavy (non-hydrogen) atoms. The third kappa shape index (κ3) is 3.24. The van der Waals surface area contributed by atoms with Gasteiger partial charge in [0.2, 0.25) is 5.91 Å². The molecule has 0 N–H and O–H groups in total. The van der Waals surface area contributed by atoms with Crippen molar-refractivity contribution in [1.82, 2.24) is 9.91 Å². The van der Waals surface area contributed by atoms with Crippen molar-refractivity contribution in [3.63, 3.8) is 0 Å². The molecule has 1 aliphatic carbocycles. The summed E-state index contributed by atoms with van der Waals surface area (Å²) in [5.41, 5.74) is 0.876. The van der Waals surface area contributed by atoms with Gasteiger partial charge in [0.25, 0.3) is 5.91 Å². The molecular formula is C18H19N3O3S. The summed E-state index contributed by atoms with van der Waals surface area (Å²) in [6.07, 6.45) is 4.07. The SMILES string of the molecule is CN(CC(=O)N1N=C(c2cccs2)C[C@@H]1c1ccco1)C(=O)C1CC1. The van der Waals surface area contributed by atoms with E-state index in [1.165, 1.54) is 9.91 Å². The Morgan fingerprint density at radius 3 is 2.84 bits per heavy atom. The number of carbonyl (C=O) groups excluding carboxylic acids is 2. The number of hydrazone groups is 1. The predicted octanol–water partition coefficient (Wildman–Crippen LogP) is 2.89. The highest BCUT2D eigenvalue weighted by Gasteiger charge is 2.37. The smallest absolute Gasteiger partial charge is 0.262 e. The van der Waals surface area contributed by atoms with Gasteiger partial charge in [-0.2, -0.15) is 5.10 Å². The first-order valence-corrected chi connectivity index (χ1v) is 9.23. The van der Waals surface area contributed by atoms with Gasteiger partial charge in [-0.1, -0.05) is 6.07 Å². The van der Waals surface area contributed by atoms with Crippen molar-refractivity contribution in [1.29, 1.82) is 0 Å². The van der Waals surface area contributed by atoms with E-state index in [0.29, 0.717) is 12.2 Å². The average Bonchev–Trinajstić information content (AvgIpc) is 3.04. The molecule has 2 amide bonds. The minimum atomic E-state index is -0.260. The van der Waals surface area contributed by atoms with Gasteiger partial charge in [-0.25, -0.2) is 5.01 Å². The predicted molar refractivity (Wildman–Crippen MR) is 94.1 cm³/mol. The van der Waals surface area contributed by atoms with Crippen LogP contribution in [-0.4, -0.2) is 41.0 Å². The molecule has 2 aliphatic rings. The Morgan fingerprint density at radius 2 is 2.20 bits per heavy atom. The molecule has 0 bridgehead atoms. The second kappa shape index (κ2) is 6.48. The van der Waals surface area contributed by atoms with Crippen LogP contribution in [0, 0.1) is 5.92 Å². The van der Waals surface area contributed by atoms with Gasteiger partial charge in [0.05, 0.1) is 16.9 Å². The van der Waals surface area contributed by atoms with E-state index in [0.717, 1.165) is 23.4 Å². The van der Waals surface area contributed by atoms with Crippen molar-refractivity contribution in [3.8, 4) is 0 Å². The van der Waals surface area contributed by atoms with Gasteiger partial charge in [0.1, 0.15) is 18.3 Å². The fourth-order valence-corrected chi connectivity index (χ4v) is 3.75. The molecule has 7 heteroatoms. The Labute approximate surface area is 149 Å². The van der Waals surface area contributed by atoms with Crippen LogP contribution >= 0.6 is 11.3 Å². The van der Waals surface area contributed by atoms with Crippen LogP contribution < -0.4 is 0 Å². The first kappa shape index (κ1) is 16.1. The molecule has 3 heterocycles. The molecule has 0 spiro atoms. The van der Waals surface area contributed by atoms with E-state index in [-0.39, 0.29) is 30.3 Å². The highest BCUT2D eigenvalue weighted by Crippen LogP contribution is 2.34. The van der Waals surface area contributed by atoms with Crippen LogP contribution in [0.25, 0.3) is 0 Å². The Bertz CT molecular complexity index is 794. The van der Waals surface area contributed by atoms with Gasteiger partial charge >= 0.3 is 0 Å². The molecule has 0 aromatic carbocycles. The molecule has 4 rings (SSSR count). The minimum Gasteiger partial charge on any atom is -0.467 e. The van der Waals surface area contributed by atoms with E-state index in [4.69, 9.17) is 4.42 Å². The van der Waals surface area contributed by atoms with Crippen LogP contribution in [0.3, 0.4) is 0 Å². The molecule has 130 valence electrons. The lowest BCUT2D eigenvalue weighted by Crippen LogP contribution is -2.39. The summed E-state index contributed by atoms with van der Waals surface area (Å²) in [4.78, 5) is 27.5. The number of hydrogen-bond donors (Lipinski definition) is 0. The number of likely N-dealkylation sites (N-methyl/N-ethyl adjacent to an activating group) is 1. The van der Waals surface area contributed by atoms with Crippen LogP contribution in [-0.2, 0) is 9.59 Å². The number of thiophene rings is 1. The standard InChI is InChI=1S/C18H19N3O3S/c1-20(18(23)12-6-7-12)11-17(22)21-14(15-4-2-8-24-15)10-13(19-21)16-5-3-9-25-16/h2-5,8-9,12,14H,6-7,10-11H2,1H3/t14-/m1/s1. The van der Waals surface area contributed by atoms with Gasteiger partial charge in [0.15, 0.2) is 0 Å². The van der Waals surface area contributed by atoms with Crippen molar-refractivity contribution in [2.45, 2.75) is 25.3 Å². The van der Waals surface area contributed by atoms with Crippen molar-refractivity contribution in [2.24, 2.45) is 11.0 Å². The van der Waals surface area contributed by atoms with Gasteiger partial charge < -0.3 is 9.32 Å². The Balaban J connectivity index is 1.54. The zero-order valence-corrected chi connectivity index (χ0v) is 14.7. The van der Waals surface area contributed by atoms with Crippen molar-refractivity contribution < 1.29 is 14.0 Å². The van der Waals surface area contributed by atoms with E-state index in [1.807, 2.05) is 29.6 Å². The van der Waals surface area contributed by atoms with Crippen molar-refractivity contribution >= 4 is 28.9 Å². The molecule has 2 aromatic rings. The van der Waals surface area contributed by atoms with Gasteiger partial charge in [-0.3, -0.25) is 9.59 Å². The lowest BCUT2D eigenvalue weighted by Gasteiger charge is -2.23. The summed E-state index contributed by atoms with van der Waals surface area (Å²) in [7, 11) is 1.68. The van der Waals surface area contributed by atoms with Gasteiger partial charge in [-0.15, -0.1) is 11.3 Å². The number of amides is 2. The third-order valence-electron chi connectivity index (χ3n) is 4.52. The number of rotatable bonds is 5. The molecule has 1 saturated carbocycles. The topological polar surface area (TPSA) is 66.1 Å². The summed E-state index contributed by atoms with van der Waals surface area (Å²) < 4.78 is 5.52. The van der Waals surface area contributed by atoms with Crippen molar-refractivity contribution in [2.75, 3.05) is 13.6 Å². The molecule has 1 fully saturated rings. The minimum absolute atomic E-state index is 0.0355. The molecule has 2 aromatic heterocycles. The van der Waals surface area contributed by atoms with E-state index in [2.05, 4.69) is 5.10 Å². The van der Waals surface area contributed by atoms with E-state index >= 15 is 0 Å². The highest BCUT2D eigenvalue weighted by molar-refractivity contribution is 7.12. The van der Waals surface area contributed by atoms with Crippen LogP contribution in [0.15, 0.2) is 45.4 Å². The van der Waals surface area contributed by atoms with Crippen LogP contribution in [0.4, 0.5) is 0 Å². The third-order valence-corrected chi connectivity index (χ3v) is 5.44. The first-order valence-electron chi connectivity index (χ1n) is 8.35. The van der Waals surface area contributed by atoms with Gasteiger partial charge in [0, 0.05) is 19.4 Å². The quantitative estimate of drug-likeness (QED) is 0.826. The molecule has 6 nitrogen and oxygen atoms in total. The zero-order valence-electron chi connectivity index (χ0n) is 13.9. The number of hydrogen-bond acceptors (Lipinski definition) is 5. The summed E-state index contributed by atoms with van der Waals surface area (Å²) in [6.45, 7) is 0.0355. The molecule has 1 aliphatic heterocycles. The van der Waals surface area contributed by atoms with E-state index in [1.54, 1.807) is 24.6 Å². The van der Waals surface area contributed by atoms with E-state index in [9.17, 15) is 9.59 Å².